The van der Waals surface area contributed by atoms with Gasteiger partial charge < -0.3 is 5.73 Å². The predicted octanol–water partition coefficient (Wildman–Crippen LogP) is -0.688. The van der Waals surface area contributed by atoms with Gasteiger partial charge in [0.25, 0.3) is 0 Å². The summed E-state index contributed by atoms with van der Waals surface area (Å²) in [6, 6.07) is 0. The smallest absolute Gasteiger partial charge is 0.237 e. The van der Waals surface area contributed by atoms with Crippen LogP contribution < -0.4 is 10.5 Å². The van der Waals surface area contributed by atoms with Crippen LogP contribution in [0.2, 0.25) is 0 Å². The van der Waals surface area contributed by atoms with Crippen molar-refractivity contribution in [3.63, 3.8) is 0 Å². The maximum Gasteiger partial charge on any atom is 0.237 e. The van der Waals surface area contributed by atoms with Crippen molar-refractivity contribution in [1.82, 2.24) is 4.72 Å². The topological polar surface area (TPSA) is 72.2 Å². The van der Waals surface area contributed by atoms with E-state index < -0.39 is 10.0 Å². The second kappa shape index (κ2) is 2.35. The van der Waals surface area contributed by atoms with Gasteiger partial charge in [0.2, 0.25) is 10.0 Å². The Labute approximate surface area is 64.8 Å². The first-order valence-electron chi connectivity index (χ1n) is 2.83. The predicted molar refractivity (Wildman–Crippen MR) is 41.9 cm³/mol. The second-order valence-corrected chi connectivity index (χ2v) is 4.61. The molecule has 1 aliphatic rings. The molecule has 1 fully saturated rings. The Morgan fingerprint density at radius 1 is 1.60 bits per heavy atom. The summed E-state index contributed by atoms with van der Waals surface area (Å²) in [5.41, 5.74) is 4.99. The fourth-order valence-corrected chi connectivity index (χ4v) is 2.15. The van der Waals surface area contributed by atoms with Gasteiger partial charge in [-0.25, -0.2) is 8.42 Å². The maximum atomic E-state index is 10.9. The molecule has 0 spiro atoms. The van der Waals surface area contributed by atoms with E-state index in [0.717, 1.165) is 12.8 Å². The minimum atomic E-state index is -3.20. The lowest BCUT2D eigenvalue weighted by Gasteiger charge is -2.01. The summed E-state index contributed by atoms with van der Waals surface area (Å²) in [6.07, 6.45) is 1.44. The van der Waals surface area contributed by atoms with Crippen LogP contribution in [0.1, 0.15) is 12.8 Å². The van der Waals surface area contributed by atoms with Crippen LogP contribution in [-0.2, 0) is 10.0 Å². The van der Waals surface area contributed by atoms with E-state index in [1.165, 1.54) is 0 Å². The van der Waals surface area contributed by atoms with Crippen molar-refractivity contribution >= 4 is 27.4 Å². The summed E-state index contributed by atoms with van der Waals surface area (Å²) in [5, 5.41) is -0.430. The Kier molecular flexibility index (Phi) is 1.82. The van der Waals surface area contributed by atoms with Crippen LogP contribution in [0, 0.1) is 0 Å². The lowest BCUT2D eigenvalue weighted by Crippen LogP contribution is -2.36. The number of nitrogens with two attached hydrogens (primary N) is 1. The summed E-state index contributed by atoms with van der Waals surface area (Å²) in [7, 11) is -3.20. The van der Waals surface area contributed by atoms with Crippen LogP contribution in [0.15, 0.2) is 0 Å². The van der Waals surface area contributed by atoms with Crippen LogP contribution in [0.25, 0.3) is 0 Å². The molecule has 3 N–H and O–H groups in total. The maximum absolute atomic E-state index is 10.9. The molecule has 6 heteroatoms. The molecule has 0 bridgehead atoms. The molecule has 58 valence electrons. The van der Waals surface area contributed by atoms with Gasteiger partial charge in [-0.15, -0.1) is 0 Å². The Morgan fingerprint density at radius 3 is 2.40 bits per heavy atom. The molecule has 0 radical (unpaired) electrons. The molecule has 1 aliphatic carbocycles. The van der Waals surface area contributed by atoms with Crippen LogP contribution in [0.3, 0.4) is 0 Å². The van der Waals surface area contributed by atoms with E-state index in [-0.39, 0.29) is 10.4 Å². The average molecular weight is 180 g/mol. The van der Waals surface area contributed by atoms with Crippen LogP contribution in [0.5, 0.6) is 0 Å². The fourth-order valence-electron chi connectivity index (χ4n) is 0.602. The Hall–Kier alpha value is -0.360. The van der Waals surface area contributed by atoms with Gasteiger partial charge in [0, 0.05) is 0 Å². The van der Waals surface area contributed by atoms with Crippen molar-refractivity contribution in [3.05, 3.63) is 0 Å². The van der Waals surface area contributed by atoms with Gasteiger partial charge >= 0.3 is 0 Å². The molecule has 1 saturated carbocycles. The molecule has 0 aromatic carbocycles. The van der Waals surface area contributed by atoms with Gasteiger partial charge in [0.05, 0.1) is 5.25 Å². The first-order chi connectivity index (χ1) is 4.52. The van der Waals surface area contributed by atoms with Crippen molar-refractivity contribution in [2.24, 2.45) is 5.73 Å². The van der Waals surface area contributed by atoms with E-state index in [2.05, 4.69) is 16.9 Å². The summed E-state index contributed by atoms with van der Waals surface area (Å²) >= 11 is 4.38. The quantitative estimate of drug-likeness (QED) is 0.552. The first kappa shape index (κ1) is 7.74. The molecule has 1 rings (SSSR count). The highest BCUT2D eigenvalue weighted by atomic mass is 32.2. The number of thiocarbonyl (C=S) groups is 1. The van der Waals surface area contributed by atoms with Gasteiger partial charge in [0.15, 0.2) is 5.11 Å². The Balaban J connectivity index is 2.60. The minimum Gasteiger partial charge on any atom is -0.376 e. The molecule has 0 heterocycles. The minimum absolute atomic E-state index is 0.174. The van der Waals surface area contributed by atoms with E-state index in [1.54, 1.807) is 0 Å². The highest BCUT2D eigenvalue weighted by Crippen LogP contribution is 2.27. The molecule has 0 unspecified atom stereocenters. The third-order valence-corrected chi connectivity index (χ3v) is 3.29. The van der Waals surface area contributed by atoms with E-state index in [9.17, 15) is 8.42 Å². The molecule has 0 atom stereocenters. The largest absolute Gasteiger partial charge is 0.376 e. The van der Waals surface area contributed by atoms with Crippen LogP contribution >= 0.6 is 12.2 Å². The molecule has 0 aliphatic heterocycles. The number of nitrogens with one attached hydrogen (secondary N) is 1. The second-order valence-electron chi connectivity index (χ2n) is 2.21. The molecular formula is C4H8N2O2S2. The summed E-state index contributed by atoms with van der Waals surface area (Å²) < 4.78 is 23.9. The average Bonchev–Trinajstić information content (AvgIpc) is 2.35. The van der Waals surface area contributed by atoms with Crippen molar-refractivity contribution in [2.45, 2.75) is 18.1 Å². The standard InChI is InChI=1S/C4H8N2O2S2/c5-4(9)6-10(7,8)3-1-2-3/h3H,1-2H2,(H3,5,6,9). The van der Waals surface area contributed by atoms with Gasteiger partial charge in [-0.05, 0) is 25.1 Å². The molecular weight excluding hydrogens is 172 g/mol. The molecule has 0 saturated heterocycles. The zero-order valence-corrected chi connectivity index (χ0v) is 6.83. The third-order valence-electron chi connectivity index (χ3n) is 1.21. The SMILES string of the molecule is NC(=S)NS(=O)(=O)C1CC1. The molecule has 0 amide bonds. The van der Waals surface area contributed by atoms with Crippen molar-refractivity contribution in [2.75, 3.05) is 0 Å². The monoisotopic (exact) mass is 180 g/mol. The van der Waals surface area contributed by atoms with Crippen molar-refractivity contribution in [1.29, 1.82) is 0 Å². The van der Waals surface area contributed by atoms with Crippen molar-refractivity contribution in [3.8, 4) is 0 Å². The van der Waals surface area contributed by atoms with Gasteiger partial charge in [0.1, 0.15) is 0 Å². The summed E-state index contributed by atoms with van der Waals surface area (Å²) in [6.45, 7) is 0. The third kappa shape index (κ3) is 1.81. The van der Waals surface area contributed by atoms with Crippen molar-refractivity contribution < 1.29 is 8.42 Å². The van der Waals surface area contributed by atoms with Gasteiger partial charge in [-0.3, -0.25) is 4.72 Å². The zero-order chi connectivity index (χ0) is 7.78. The normalized spacial score (nSPS) is 18.4. The van der Waals surface area contributed by atoms with E-state index in [1.807, 2.05) is 0 Å². The zero-order valence-electron chi connectivity index (χ0n) is 5.20. The lowest BCUT2D eigenvalue weighted by molar-refractivity contribution is 0.591. The Morgan fingerprint density at radius 2 is 2.10 bits per heavy atom. The highest BCUT2D eigenvalue weighted by molar-refractivity contribution is 7.92. The molecule has 0 aromatic rings. The number of hydrogen-bond acceptors (Lipinski definition) is 3. The number of sulfonamides is 1. The van der Waals surface area contributed by atoms with E-state index in [4.69, 9.17) is 5.73 Å². The highest BCUT2D eigenvalue weighted by Gasteiger charge is 2.35. The molecule has 10 heavy (non-hydrogen) atoms. The summed E-state index contributed by atoms with van der Waals surface area (Å²) in [5.74, 6) is 0. The molecule has 4 nitrogen and oxygen atoms in total. The number of hydrogen-bond donors (Lipinski definition) is 2. The van der Waals surface area contributed by atoms with E-state index in [0.29, 0.717) is 0 Å². The molecule has 0 aromatic heterocycles. The van der Waals surface area contributed by atoms with E-state index >= 15 is 0 Å². The van der Waals surface area contributed by atoms with Gasteiger partial charge in [-0.2, -0.15) is 0 Å². The first-order valence-corrected chi connectivity index (χ1v) is 4.79. The van der Waals surface area contributed by atoms with Crippen LogP contribution in [0.4, 0.5) is 0 Å². The van der Waals surface area contributed by atoms with Gasteiger partial charge in [-0.1, -0.05) is 0 Å². The van der Waals surface area contributed by atoms with Crippen LogP contribution in [-0.4, -0.2) is 18.8 Å². The summed E-state index contributed by atoms with van der Waals surface area (Å²) in [4.78, 5) is 0. The Bertz CT molecular complexity index is 242. The number of rotatable bonds is 2. The fraction of sp³-hybridized carbons (Fsp3) is 0.750. The lowest BCUT2D eigenvalue weighted by atomic mass is 11.0.